The van der Waals surface area contributed by atoms with Crippen LogP contribution in [0.15, 0.2) is 12.1 Å². The highest BCUT2D eigenvalue weighted by Crippen LogP contribution is 2.28. The van der Waals surface area contributed by atoms with E-state index in [1.807, 2.05) is 39.8 Å². The second-order valence-electron chi connectivity index (χ2n) is 6.16. The van der Waals surface area contributed by atoms with Crippen molar-refractivity contribution in [2.45, 2.75) is 66.4 Å². The molecule has 0 spiro atoms. The van der Waals surface area contributed by atoms with Crippen molar-refractivity contribution >= 4 is 11.6 Å². The van der Waals surface area contributed by atoms with Gasteiger partial charge in [-0.2, -0.15) is 0 Å². The third-order valence-corrected chi connectivity index (χ3v) is 3.84. The third-order valence-electron chi connectivity index (χ3n) is 3.84. The maximum atomic E-state index is 12.6. The SMILES string of the molecule is CCCOc1c(C)cc(NC(=O)[C@@](C)(CCC)OCC)cc1C. The first-order chi connectivity index (χ1) is 10.9. The van der Waals surface area contributed by atoms with Crippen molar-refractivity contribution in [2.24, 2.45) is 0 Å². The number of rotatable bonds is 9. The second-order valence-corrected chi connectivity index (χ2v) is 6.16. The Morgan fingerprint density at radius 3 is 2.22 bits per heavy atom. The van der Waals surface area contributed by atoms with Crippen molar-refractivity contribution in [2.75, 3.05) is 18.5 Å². The van der Waals surface area contributed by atoms with Crippen LogP contribution in [0, 0.1) is 13.8 Å². The quantitative estimate of drug-likeness (QED) is 0.721. The molecule has 1 atom stereocenters. The molecule has 0 saturated carbocycles. The van der Waals surface area contributed by atoms with Gasteiger partial charge in [-0.1, -0.05) is 20.3 Å². The number of benzene rings is 1. The number of hydrogen-bond donors (Lipinski definition) is 1. The van der Waals surface area contributed by atoms with Crippen molar-refractivity contribution in [1.29, 1.82) is 0 Å². The summed E-state index contributed by atoms with van der Waals surface area (Å²) < 4.78 is 11.5. The van der Waals surface area contributed by atoms with Crippen LogP contribution in [-0.2, 0) is 9.53 Å². The third kappa shape index (κ3) is 5.24. The first-order valence-corrected chi connectivity index (χ1v) is 8.57. The van der Waals surface area contributed by atoms with Crippen LogP contribution in [0.2, 0.25) is 0 Å². The van der Waals surface area contributed by atoms with Gasteiger partial charge in [0.05, 0.1) is 6.61 Å². The van der Waals surface area contributed by atoms with Gasteiger partial charge in [-0.25, -0.2) is 0 Å². The van der Waals surface area contributed by atoms with Gasteiger partial charge in [0.25, 0.3) is 5.91 Å². The summed E-state index contributed by atoms with van der Waals surface area (Å²) in [5.41, 5.74) is 2.06. The summed E-state index contributed by atoms with van der Waals surface area (Å²) in [6.45, 7) is 13.1. The van der Waals surface area contributed by atoms with Gasteiger partial charge in [-0.05, 0) is 63.8 Å². The molecule has 1 amide bonds. The average molecular weight is 321 g/mol. The van der Waals surface area contributed by atoms with Gasteiger partial charge in [0.1, 0.15) is 11.4 Å². The molecule has 4 heteroatoms. The molecule has 0 aliphatic carbocycles. The zero-order valence-corrected chi connectivity index (χ0v) is 15.4. The highest BCUT2D eigenvalue weighted by atomic mass is 16.5. The van der Waals surface area contributed by atoms with Crippen molar-refractivity contribution in [3.05, 3.63) is 23.3 Å². The summed E-state index contributed by atoms with van der Waals surface area (Å²) in [7, 11) is 0. The molecule has 4 nitrogen and oxygen atoms in total. The predicted octanol–water partition coefficient (Wildman–Crippen LogP) is 4.63. The lowest BCUT2D eigenvalue weighted by Gasteiger charge is -2.28. The summed E-state index contributed by atoms with van der Waals surface area (Å²) in [5.74, 6) is 0.813. The Labute approximate surface area is 140 Å². The minimum Gasteiger partial charge on any atom is -0.493 e. The molecule has 1 rings (SSSR count). The Hall–Kier alpha value is -1.55. The Morgan fingerprint density at radius 1 is 1.13 bits per heavy atom. The monoisotopic (exact) mass is 321 g/mol. The average Bonchev–Trinajstić information content (AvgIpc) is 2.47. The summed E-state index contributed by atoms with van der Waals surface area (Å²) in [6, 6.07) is 3.91. The van der Waals surface area contributed by atoms with Gasteiger partial charge in [0.2, 0.25) is 0 Å². The smallest absolute Gasteiger partial charge is 0.256 e. The molecule has 0 radical (unpaired) electrons. The minimum atomic E-state index is -0.789. The van der Waals surface area contributed by atoms with E-state index in [1.54, 1.807) is 0 Å². The summed E-state index contributed by atoms with van der Waals surface area (Å²) >= 11 is 0. The van der Waals surface area contributed by atoms with E-state index in [4.69, 9.17) is 9.47 Å². The topological polar surface area (TPSA) is 47.6 Å². The molecule has 0 bridgehead atoms. The van der Waals surface area contributed by atoms with Crippen LogP contribution in [-0.4, -0.2) is 24.7 Å². The molecule has 23 heavy (non-hydrogen) atoms. The highest BCUT2D eigenvalue weighted by molar-refractivity contribution is 5.97. The molecule has 0 aromatic heterocycles. The first kappa shape index (κ1) is 19.5. The number of hydrogen-bond acceptors (Lipinski definition) is 3. The lowest BCUT2D eigenvalue weighted by molar-refractivity contribution is -0.139. The zero-order chi connectivity index (χ0) is 17.5. The minimum absolute atomic E-state index is 0.0952. The van der Waals surface area contributed by atoms with Gasteiger partial charge in [0.15, 0.2) is 0 Å². The summed E-state index contributed by atoms with van der Waals surface area (Å²) in [5, 5.41) is 3.00. The standard InChI is InChI=1S/C19H31NO3/c1-7-10-19(6,23-9-3)18(21)20-16-12-14(4)17(15(5)13-16)22-11-8-2/h12-13H,7-11H2,1-6H3,(H,20,21)/t19-/m1/s1. The molecule has 0 heterocycles. The number of carbonyl (C=O) groups is 1. The summed E-state index contributed by atoms with van der Waals surface area (Å²) in [6.07, 6.45) is 2.56. The fourth-order valence-corrected chi connectivity index (χ4v) is 2.76. The van der Waals surface area contributed by atoms with Crippen molar-refractivity contribution in [1.82, 2.24) is 0 Å². The predicted molar refractivity (Wildman–Crippen MR) is 95.3 cm³/mol. The van der Waals surface area contributed by atoms with Crippen molar-refractivity contribution in [3.8, 4) is 5.75 Å². The van der Waals surface area contributed by atoms with Crippen LogP contribution in [0.5, 0.6) is 5.75 Å². The molecular formula is C19H31NO3. The number of carbonyl (C=O) groups excluding carboxylic acids is 1. The fraction of sp³-hybridized carbons (Fsp3) is 0.632. The molecule has 130 valence electrons. The van der Waals surface area contributed by atoms with Crippen LogP contribution in [0.1, 0.15) is 58.1 Å². The molecular weight excluding hydrogens is 290 g/mol. The molecule has 1 N–H and O–H groups in total. The first-order valence-electron chi connectivity index (χ1n) is 8.57. The Kier molecular flexibility index (Phi) is 7.56. The van der Waals surface area contributed by atoms with E-state index >= 15 is 0 Å². The number of amides is 1. The second kappa shape index (κ2) is 8.92. The van der Waals surface area contributed by atoms with E-state index in [1.165, 1.54) is 0 Å². The fourth-order valence-electron chi connectivity index (χ4n) is 2.76. The highest BCUT2D eigenvalue weighted by Gasteiger charge is 2.33. The van der Waals surface area contributed by atoms with E-state index in [0.29, 0.717) is 19.6 Å². The number of aryl methyl sites for hydroxylation is 2. The Bertz CT molecular complexity index is 496. The van der Waals surface area contributed by atoms with Crippen LogP contribution >= 0.6 is 0 Å². The largest absolute Gasteiger partial charge is 0.493 e. The molecule has 0 aliphatic rings. The van der Waals surface area contributed by atoms with Gasteiger partial charge >= 0.3 is 0 Å². The van der Waals surface area contributed by atoms with Crippen LogP contribution in [0.3, 0.4) is 0 Å². The van der Waals surface area contributed by atoms with Crippen LogP contribution in [0.4, 0.5) is 5.69 Å². The number of ether oxygens (including phenoxy) is 2. The number of anilines is 1. The number of nitrogens with one attached hydrogen (secondary N) is 1. The van der Waals surface area contributed by atoms with Gasteiger partial charge in [-0.15, -0.1) is 0 Å². The Morgan fingerprint density at radius 2 is 1.74 bits per heavy atom. The zero-order valence-electron chi connectivity index (χ0n) is 15.4. The lowest BCUT2D eigenvalue weighted by Crippen LogP contribution is -2.42. The van der Waals surface area contributed by atoms with Gasteiger partial charge < -0.3 is 14.8 Å². The maximum Gasteiger partial charge on any atom is 0.256 e. The van der Waals surface area contributed by atoms with E-state index in [9.17, 15) is 4.79 Å². The molecule has 0 fully saturated rings. The van der Waals surface area contributed by atoms with E-state index in [0.717, 1.165) is 35.4 Å². The normalized spacial score (nSPS) is 13.5. The molecule has 0 saturated heterocycles. The summed E-state index contributed by atoms with van der Waals surface area (Å²) in [4.78, 5) is 12.6. The lowest BCUT2D eigenvalue weighted by atomic mass is 9.98. The van der Waals surface area contributed by atoms with E-state index in [2.05, 4.69) is 19.2 Å². The van der Waals surface area contributed by atoms with E-state index in [-0.39, 0.29) is 5.91 Å². The Balaban J connectivity index is 2.93. The van der Waals surface area contributed by atoms with Crippen molar-refractivity contribution < 1.29 is 14.3 Å². The van der Waals surface area contributed by atoms with Gasteiger partial charge in [0, 0.05) is 12.3 Å². The van der Waals surface area contributed by atoms with Crippen LogP contribution < -0.4 is 10.1 Å². The van der Waals surface area contributed by atoms with Crippen molar-refractivity contribution in [3.63, 3.8) is 0 Å². The maximum absolute atomic E-state index is 12.6. The molecule has 1 aromatic rings. The van der Waals surface area contributed by atoms with Gasteiger partial charge in [-0.3, -0.25) is 4.79 Å². The van der Waals surface area contributed by atoms with E-state index < -0.39 is 5.60 Å². The molecule has 1 aromatic carbocycles. The molecule has 0 aliphatic heterocycles. The molecule has 0 unspecified atom stereocenters. The van der Waals surface area contributed by atoms with Crippen LogP contribution in [0.25, 0.3) is 0 Å².